The van der Waals surface area contributed by atoms with Crippen LogP contribution in [0.1, 0.15) is 30.4 Å². The third kappa shape index (κ3) is 2.18. The number of benzene rings is 1. The Morgan fingerprint density at radius 1 is 1.45 bits per heavy atom. The summed E-state index contributed by atoms with van der Waals surface area (Å²) in [6, 6.07) is 6.90. The second kappa shape index (κ2) is 5.09. The lowest BCUT2D eigenvalue weighted by Gasteiger charge is -2.23. The van der Waals surface area contributed by atoms with Crippen molar-refractivity contribution in [3.8, 4) is 5.75 Å². The molecule has 2 aliphatic rings. The molecule has 3 rings (SSSR count). The van der Waals surface area contributed by atoms with E-state index < -0.39 is 5.97 Å². The Kier molecular flexibility index (Phi) is 3.42. The summed E-state index contributed by atoms with van der Waals surface area (Å²) in [6.45, 7) is 2.89. The van der Waals surface area contributed by atoms with Gasteiger partial charge in [-0.2, -0.15) is 0 Å². The van der Waals surface area contributed by atoms with Crippen LogP contribution < -0.4 is 4.74 Å². The summed E-state index contributed by atoms with van der Waals surface area (Å²) in [7, 11) is 1.68. The zero-order valence-electron chi connectivity index (χ0n) is 12.0. The fourth-order valence-electron chi connectivity index (χ4n) is 3.86. The molecule has 0 saturated carbocycles. The van der Waals surface area contributed by atoms with Crippen LogP contribution in [0, 0.1) is 12.8 Å². The lowest BCUT2D eigenvalue weighted by atomic mass is 9.89. The van der Waals surface area contributed by atoms with Crippen molar-refractivity contribution in [2.45, 2.75) is 44.8 Å². The number of methoxy groups -OCH3 is 1. The van der Waals surface area contributed by atoms with E-state index in [0.29, 0.717) is 6.04 Å². The molecule has 1 aromatic rings. The molecule has 0 aliphatic carbocycles. The first kappa shape index (κ1) is 13.4. The molecular weight excluding hydrogens is 254 g/mol. The van der Waals surface area contributed by atoms with Gasteiger partial charge < -0.3 is 9.84 Å². The van der Waals surface area contributed by atoms with Crippen molar-refractivity contribution < 1.29 is 14.6 Å². The number of fused-ring (bicyclic) bond motifs is 2. The summed E-state index contributed by atoms with van der Waals surface area (Å²) in [5.74, 6) is 0.0998. The molecule has 2 aliphatic heterocycles. The topological polar surface area (TPSA) is 49.8 Å². The predicted octanol–water partition coefficient (Wildman–Crippen LogP) is 2.44. The number of aliphatic carboxylic acids is 1. The van der Waals surface area contributed by atoms with Crippen molar-refractivity contribution in [1.82, 2.24) is 4.90 Å². The zero-order chi connectivity index (χ0) is 14.3. The van der Waals surface area contributed by atoms with Gasteiger partial charge in [0.15, 0.2) is 0 Å². The van der Waals surface area contributed by atoms with Gasteiger partial charge in [-0.05, 0) is 43.4 Å². The van der Waals surface area contributed by atoms with Crippen LogP contribution in [0.15, 0.2) is 18.2 Å². The van der Waals surface area contributed by atoms with Crippen LogP contribution in [0.25, 0.3) is 0 Å². The molecule has 3 unspecified atom stereocenters. The second-order valence-corrected chi connectivity index (χ2v) is 5.96. The first-order valence-corrected chi connectivity index (χ1v) is 7.22. The van der Waals surface area contributed by atoms with Crippen LogP contribution in [-0.4, -0.2) is 35.2 Å². The van der Waals surface area contributed by atoms with Gasteiger partial charge in [-0.15, -0.1) is 0 Å². The molecule has 0 spiro atoms. The van der Waals surface area contributed by atoms with E-state index in [1.54, 1.807) is 7.11 Å². The van der Waals surface area contributed by atoms with Crippen molar-refractivity contribution >= 4 is 5.97 Å². The Labute approximate surface area is 119 Å². The molecule has 4 nitrogen and oxygen atoms in total. The first-order valence-electron chi connectivity index (χ1n) is 7.22. The molecule has 2 fully saturated rings. The highest BCUT2D eigenvalue weighted by molar-refractivity contribution is 5.71. The van der Waals surface area contributed by atoms with Crippen LogP contribution >= 0.6 is 0 Å². The number of carboxylic acid groups (broad SMARTS) is 1. The van der Waals surface area contributed by atoms with Crippen LogP contribution in [0.3, 0.4) is 0 Å². The maximum Gasteiger partial charge on any atom is 0.308 e. The highest BCUT2D eigenvalue weighted by atomic mass is 16.5. The monoisotopic (exact) mass is 275 g/mol. The minimum Gasteiger partial charge on any atom is -0.496 e. The Balaban J connectivity index is 1.75. The third-order valence-electron chi connectivity index (χ3n) is 4.82. The van der Waals surface area contributed by atoms with Gasteiger partial charge >= 0.3 is 5.97 Å². The average Bonchev–Trinajstić information content (AvgIpc) is 2.96. The normalized spacial score (nSPS) is 28.8. The standard InChI is InChI=1S/C16H21NO3/c1-10-7-11(3-6-15(10)20-2)9-17-12-4-5-14(17)13(8-12)16(18)19/h3,6-7,12-14H,4-5,8-9H2,1-2H3,(H,18,19). The number of ether oxygens (including phenoxy) is 1. The molecule has 2 saturated heterocycles. The smallest absolute Gasteiger partial charge is 0.308 e. The van der Waals surface area contributed by atoms with Gasteiger partial charge in [0.05, 0.1) is 13.0 Å². The SMILES string of the molecule is COc1ccc(CN2C3CCC2C(C(=O)O)C3)cc1C. The molecular formula is C16H21NO3. The number of carbonyl (C=O) groups is 1. The summed E-state index contributed by atoms with van der Waals surface area (Å²) in [5, 5.41) is 9.29. The summed E-state index contributed by atoms with van der Waals surface area (Å²) >= 11 is 0. The number of hydrogen-bond acceptors (Lipinski definition) is 3. The van der Waals surface area contributed by atoms with E-state index in [-0.39, 0.29) is 12.0 Å². The Morgan fingerprint density at radius 2 is 2.25 bits per heavy atom. The Morgan fingerprint density at radius 3 is 2.85 bits per heavy atom. The van der Waals surface area contributed by atoms with E-state index in [1.165, 1.54) is 5.56 Å². The van der Waals surface area contributed by atoms with E-state index in [4.69, 9.17) is 4.74 Å². The molecule has 0 aromatic heterocycles. The summed E-state index contributed by atoms with van der Waals surface area (Å²) in [6.07, 6.45) is 2.98. The third-order valence-corrected chi connectivity index (χ3v) is 4.82. The molecule has 2 bridgehead atoms. The van der Waals surface area contributed by atoms with Crippen molar-refractivity contribution in [3.05, 3.63) is 29.3 Å². The predicted molar refractivity (Wildman–Crippen MR) is 75.8 cm³/mol. The minimum absolute atomic E-state index is 0.173. The molecule has 20 heavy (non-hydrogen) atoms. The summed E-state index contributed by atoms with van der Waals surface area (Å²) in [5.41, 5.74) is 2.37. The highest BCUT2D eigenvalue weighted by Crippen LogP contribution is 2.42. The van der Waals surface area contributed by atoms with Gasteiger partial charge in [0, 0.05) is 18.6 Å². The van der Waals surface area contributed by atoms with E-state index in [2.05, 4.69) is 17.0 Å². The second-order valence-electron chi connectivity index (χ2n) is 5.96. The van der Waals surface area contributed by atoms with Crippen molar-refractivity contribution in [2.75, 3.05) is 7.11 Å². The van der Waals surface area contributed by atoms with Crippen LogP contribution in [0.2, 0.25) is 0 Å². The minimum atomic E-state index is -0.631. The maximum absolute atomic E-state index is 11.3. The zero-order valence-corrected chi connectivity index (χ0v) is 12.0. The van der Waals surface area contributed by atoms with Crippen LogP contribution in [0.5, 0.6) is 5.75 Å². The van der Waals surface area contributed by atoms with Gasteiger partial charge in [-0.25, -0.2) is 0 Å². The molecule has 1 N–H and O–H groups in total. The number of aryl methyl sites for hydroxylation is 1. The van der Waals surface area contributed by atoms with Crippen LogP contribution in [-0.2, 0) is 11.3 Å². The van der Waals surface area contributed by atoms with Gasteiger partial charge in [-0.3, -0.25) is 9.69 Å². The van der Waals surface area contributed by atoms with E-state index in [1.807, 2.05) is 13.0 Å². The molecule has 0 radical (unpaired) electrons. The van der Waals surface area contributed by atoms with Gasteiger partial charge in [-0.1, -0.05) is 12.1 Å². The molecule has 2 heterocycles. The molecule has 1 aromatic carbocycles. The van der Waals surface area contributed by atoms with Gasteiger partial charge in [0.25, 0.3) is 0 Å². The maximum atomic E-state index is 11.3. The number of carboxylic acids is 1. The summed E-state index contributed by atoms with van der Waals surface area (Å²) in [4.78, 5) is 13.7. The van der Waals surface area contributed by atoms with E-state index in [0.717, 1.165) is 37.1 Å². The fraction of sp³-hybridized carbons (Fsp3) is 0.562. The lowest BCUT2D eigenvalue weighted by Crippen LogP contribution is -2.32. The molecule has 108 valence electrons. The number of rotatable bonds is 4. The number of nitrogens with zero attached hydrogens (tertiary/aromatic N) is 1. The van der Waals surface area contributed by atoms with Gasteiger partial charge in [0.1, 0.15) is 5.75 Å². The largest absolute Gasteiger partial charge is 0.496 e. The number of hydrogen-bond donors (Lipinski definition) is 1. The quantitative estimate of drug-likeness (QED) is 0.917. The average molecular weight is 275 g/mol. The lowest BCUT2D eigenvalue weighted by molar-refractivity contribution is -0.142. The Hall–Kier alpha value is -1.55. The molecule has 4 heteroatoms. The van der Waals surface area contributed by atoms with E-state index in [9.17, 15) is 9.90 Å². The van der Waals surface area contributed by atoms with Crippen molar-refractivity contribution in [3.63, 3.8) is 0 Å². The summed E-state index contributed by atoms with van der Waals surface area (Å²) < 4.78 is 5.28. The van der Waals surface area contributed by atoms with Crippen molar-refractivity contribution in [1.29, 1.82) is 0 Å². The molecule has 0 amide bonds. The van der Waals surface area contributed by atoms with Crippen molar-refractivity contribution in [2.24, 2.45) is 5.92 Å². The highest BCUT2D eigenvalue weighted by Gasteiger charge is 2.48. The van der Waals surface area contributed by atoms with E-state index >= 15 is 0 Å². The van der Waals surface area contributed by atoms with Crippen LogP contribution in [0.4, 0.5) is 0 Å². The Bertz CT molecular complexity index is 528. The fourth-order valence-corrected chi connectivity index (χ4v) is 3.86. The van der Waals surface area contributed by atoms with Gasteiger partial charge in [0.2, 0.25) is 0 Å². The molecule has 3 atom stereocenters. The first-order chi connectivity index (χ1) is 9.60.